The van der Waals surface area contributed by atoms with Crippen LogP contribution in [0.5, 0.6) is 0 Å². The van der Waals surface area contributed by atoms with Gasteiger partial charge in [0.2, 0.25) is 0 Å². The van der Waals surface area contributed by atoms with Crippen molar-refractivity contribution in [1.29, 1.82) is 0 Å². The molecule has 0 aliphatic carbocycles. The third-order valence-electron chi connectivity index (χ3n) is 11.8. The first kappa shape index (κ1) is 32.7. The van der Waals surface area contributed by atoms with Crippen molar-refractivity contribution in [3.8, 4) is 45.3 Å². The summed E-state index contributed by atoms with van der Waals surface area (Å²) in [5, 5.41) is 9.45. The lowest BCUT2D eigenvalue weighted by molar-refractivity contribution is 1.07. The molecular formula is C52H30N8. The Kier molecular flexibility index (Phi) is 6.85. The highest BCUT2D eigenvalue weighted by Crippen LogP contribution is 2.43. The molecule has 0 fully saturated rings. The zero-order chi connectivity index (χ0) is 39.3. The van der Waals surface area contributed by atoms with Crippen LogP contribution >= 0.6 is 0 Å². The van der Waals surface area contributed by atoms with Crippen molar-refractivity contribution in [3.05, 3.63) is 183 Å². The topological polar surface area (TPSA) is 87.2 Å². The van der Waals surface area contributed by atoms with Gasteiger partial charge in [0.1, 0.15) is 22.7 Å². The van der Waals surface area contributed by atoms with Crippen LogP contribution in [0.3, 0.4) is 0 Å². The Morgan fingerprint density at radius 3 is 1.40 bits per heavy atom. The van der Waals surface area contributed by atoms with E-state index in [0.29, 0.717) is 0 Å². The lowest BCUT2D eigenvalue weighted by atomic mass is 9.89. The second-order valence-corrected chi connectivity index (χ2v) is 15.2. The quantitative estimate of drug-likeness (QED) is 0.162. The van der Waals surface area contributed by atoms with Gasteiger partial charge in [-0.3, -0.25) is 19.1 Å². The second-order valence-electron chi connectivity index (χ2n) is 15.2. The molecule has 13 rings (SSSR count). The average molecular weight is 767 g/mol. The molecule has 8 nitrogen and oxygen atoms in total. The molecule has 0 atom stereocenters. The minimum atomic E-state index is 0.746. The molecule has 0 N–H and O–H groups in total. The second kappa shape index (κ2) is 12.6. The minimum absolute atomic E-state index is 0.746. The molecule has 278 valence electrons. The molecule has 6 aromatic heterocycles. The van der Waals surface area contributed by atoms with Gasteiger partial charge in [-0.15, -0.1) is 0 Å². The average Bonchev–Trinajstić information content (AvgIpc) is 3.90. The highest BCUT2D eigenvalue weighted by Gasteiger charge is 2.23. The van der Waals surface area contributed by atoms with Gasteiger partial charge in [0.05, 0.1) is 22.4 Å². The Morgan fingerprint density at radius 2 is 0.800 bits per heavy atom. The first-order valence-corrected chi connectivity index (χ1v) is 19.9. The third kappa shape index (κ3) is 4.79. The largest absolute Gasteiger partial charge is 0.274 e. The number of benzene rings is 7. The molecule has 0 saturated carbocycles. The van der Waals surface area contributed by atoms with Crippen LogP contribution in [0.1, 0.15) is 0 Å². The summed E-state index contributed by atoms with van der Waals surface area (Å²) in [7, 11) is 0. The van der Waals surface area contributed by atoms with Gasteiger partial charge < -0.3 is 0 Å². The number of nitrogens with zero attached hydrogens (tertiary/aromatic N) is 8. The lowest BCUT2D eigenvalue weighted by Crippen LogP contribution is -2.03. The third-order valence-corrected chi connectivity index (χ3v) is 11.8. The molecule has 8 heteroatoms. The number of pyridine rings is 4. The molecule has 6 heterocycles. The van der Waals surface area contributed by atoms with Gasteiger partial charge in [-0.05, 0) is 110 Å². The monoisotopic (exact) mass is 766 g/mol. The highest BCUT2D eigenvalue weighted by molar-refractivity contribution is 6.25. The van der Waals surface area contributed by atoms with E-state index in [9.17, 15) is 0 Å². The first-order chi connectivity index (χ1) is 29.7. The maximum absolute atomic E-state index is 5.35. The van der Waals surface area contributed by atoms with Crippen molar-refractivity contribution in [2.24, 2.45) is 0 Å². The fraction of sp³-hybridized carbons (Fsp3) is 0. The van der Waals surface area contributed by atoms with Crippen LogP contribution in [0, 0.1) is 0 Å². The molecule has 7 aromatic carbocycles. The summed E-state index contributed by atoms with van der Waals surface area (Å²) in [6.45, 7) is 0. The first-order valence-electron chi connectivity index (χ1n) is 19.9. The Bertz CT molecular complexity index is 3660. The van der Waals surface area contributed by atoms with Crippen LogP contribution < -0.4 is 0 Å². The van der Waals surface area contributed by atoms with Gasteiger partial charge in [-0.25, -0.2) is 19.9 Å². The van der Waals surface area contributed by atoms with Gasteiger partial charge in [0, 0.05) is 46.7 Å². The summed E-state index contributed by atoms with van der Waals surface area (Å²) in [5.41, 5.74) is 10.6. The summed E-state index contributed by atoms with van der Waals surface area (Å²) < 4.78 is 4.30. The fourth-order valence-corrected chi connectivity index (χ4v) is 9.23. The van der Waals surface area contributed by atoms with E-state index in [0.717, 1.165) is 89.4 Å². The van der Waals surface area contributed by atoms with E-state index in [-0.39, 0.29) is 0 Å². The SMILES string of the molecule is c1cnc2c(-n3c(-c4cc(-c5ccc6ccc7cccc8ccc5c6c78)cc(-c5nc6cccnc6n5-c5cccc6cccnc56)c4)nc4cccnc43)cccc2c1. The molecule has 0 spiro atoms. The maximum atomic E-state index is 5.35. The van der Waals surface area contributed by atoms with E-state index >= 15 is 0 Å². The molecule has 0 bridgehead atoms. The van der Waals surface area contributed by atoms with Crippen molar-refractivity contribution in [3.63, 3.8) is 0 Å². The number of para-hydroxylation sites is 2. The van der Waals surface area contributed by atoms with Gasteiger partial charge in [-0.1, -0.05) is 91.0 Å². The van der Waals surface area contributed by atoms with Crippen LogP contribution in [0.15, 0.2) is 183 Å². The fourth-order valence-electron chi connectivity index (χ4n) is 9.23. The van der Waals surface area contributed by atoms with Crippen LogP contribution in [0.25, 0.3) is 122 Å². The number of rotatable bonds is 5. The molecule has 60 heavy (non-hydrogen) atoms. The van der Waals surface area contributed by atoms with E-state index < -0.39 is 0 Å². The normalized spacial score (nSPS) is 12.0. The van der Waals surface area contributed by atoms with E-state index in [4.69, 9.17) is 29.9 Å². The minimum Gasteiger partial charge on any atom is -0.274 e. The maximum Gasteiger partial charge on any atom is 0.165 e. The number of fused-ring (bicyclic) bond motifs is 4. The van der Waals surface area contributed by atoms with E-state index in [1.165, 1.54) is 32.3 Å². The number of hydrogen-bond donors (Lipinski definition) is 0. The van der Waals surface area contributed by atoms with Gasteiger partial charge >= 0.3 is 0 Å². The zero-order valence-electron chi connectivity index (χ0n) is 31.9. The molecule has 0 amide bonds. The number of aromatic nitrogens is 8. The van der Waals surface area contributed by atoms with Crippen molar-refractivity contribution < 1.29 is 0 Å². The predicted octanol–water partition coefficient (Wildman–Crippen LogP) is 12.1. The smallest absolute Gasteiger partial charge is 0.165 e. The number of imidazole rings is 2. The summed E-state index contributed by atoms with van der Waals surface area (Å²) >= 11 is 0. The lowest BCUT2D eigenvalue weighted by Gasteiger charge is -2.17. The molecule has 13 aromatic rings. The van der Waals surface area contributed by atoms with E-state index in [1.54, 1.807) is 0 Å². The summed E-state index contributed by atoms with van der Waals surface area (Å²) in [6, 6.07) is 55.3. The molecule has 0 saturated heterocycles. The highest BCUT2D eigenvalue weighted by atomic mass is 15.2. The predicted molar refractivity (Wildman–Crippen MR) is 242 cm³/mol. The van der Waals surface area contributed by atoms with Crippen molar-refractivity contribution in [2.75, 3.05) is 0 Å². The summed E-state index contributed by atoms with van der Waals surface area (Å²) in [5.74, 6) is 1.49. The van der Waals surface area contributed by atoms with Gasteiger partial charge in [0.25, 0.3) is 0 Å². The standard InChI is InChI=1S/C52H30N8/c1-8-31-18-19-33-20-22-39(40-23-21-32(9-1)45(31)46(33)40)36-28-37(49-57-41-14-6-26-55-51(41)59(49)43-16-2-10-34-12-4-24-53-47(34)43)30-38(29-36)50-58-42-15-7-27-56-52(42)60(50)44-17-3-11-35-13-5-25-54-48(35)44/h1-30H. The Hall–Kier alpha value is -8.36. The van der Waals surface area contributed by atoms with Gasteiger partial charge in [-0.2, -0.15) is 0 Å². The Morgan fingerprint density at radius 1 is 0.350 bits per heavy atom. The summed E-state index contributed by atoms with van der Waals surface area (Å²) in [6.07, 6.45) is 7.32. The van der Waals surface area contributed by atoms with Crippen LogP contribution in [-0.4, -0.2) is 39.0 Å². The number of hydrogen-bond acceptors (Lipinski definition) is 6. The molecule has 0 unspecified atom stereocenters. The summed E-state index contributed by atoms with van der Waals surface area (Å²) in [4.78, 5) is 30.3. The molecular weight excluding hydrogens is 737 g/mol. The molecule has 0 aliphatic rings. The van der Waals surface area contributed by atoms with E-state index in [1.807, 2.05) is 61.2 Å². The molecule has 0 radical (unpaired) electrons. The van der Waals surface area contributed by atoms with Gasteiger partial charge in [0.15, 0.2) is 11.3 Å². The van der Waals surface area contributed by atoms with Crippen molar-refractivity contribution >= 4 is 76.5 Å². The zero-order valence-corrected chi connectivity index (χ0v) is 31.9. The van der Waals surface area contributed by atoms with Crippen molar-refractivity contribution in [2.45, 2.75) is 0 Å². The van der Waals surface area contributed by atoms with Crippen LogP contribution in [-0.2, 0) is 0 Å². The van der Waals surface area contributed by atoms with Crippen LogP contribution in [0.4, 0.5) is 0 Å². The van der Waals surface area contributed by atoms with Crippen LogP contribution in [0.2, 0.25) is 0 Å². The Labute approximate surface area is 342 Å². The van der Waals surface area contributed by atoms with E-state index in [2.05, 4.69) is 130 Å². The Balaban J connectivity index is 1.15. The van der Waals surface area contributed by atoms with Crippen molar-refractivity contribution in [1.82, 2.24) is 39.0 Å². The molecule has 0 aliphatic heterocycles.